The lowest BCUT2D eigenvalue weighted by Crippen LogP contribution is -2.07. The fraction of sp³-hybridized carbons (Fsp3) is 0.294. The maximum Gasteiger partial charge on any atom is 0.144 e. The molecule has 1 aromatic carbocycles. The van der Waals surface area contributed by atoms with Crippen LogP contribution in [0.15, 0.2) is 24.3 Å². The van der Waals surface area contributed by atoms with Gasteiger partial charge in [-0.2, -0.15) is 5.26 Å². The van der Waals surface area contributed by atoms with Crippen LogP contribution in [0.2, 0.25) is 0 Å². The van der Waals surface area contributed by atoms with Crippen LogP contribution in [-0.2, 0) is 6.54 Å². The number of nitrogens with one attached hydrogen (secondary N) is 1. The zero-order chi connectivity index (χ0) is 16.8. The normalized spacial score (nSPS) is 9.87. The van der Waals surface area contributed by atoms with Gasteiger partial charge in [0.05, 0.1) is 32.5 Å². The molecule has 0 aliphatic carbocycles. The number of aryl methyl sites for hydroxylation is 1. The summed E-state index contributed by atoms with van der Waals surface area (Å²) < 4.78 is 16.1. The molecule has 0 unspecified atom stereocenters. The molecule has 0 fully saturated rings. The molecule has 2 rings (SSSR count). The molecule has 0 radical (unpaired) electrons. The van der Waals surface area contributed by atoms with E-state index in [9.17, 15) is 5.26 Å². The zero-order valence-electron chi connectivity index (χ0n) is 13.6. The van der Waals surface area contributed by atoms with Gasteiger partial charge in [0.25, 0.3) is 0 Å². The first kappa shape index (κ1) is 16.4. The summed E-state index contributed by atoms with van der Waals surface area (Å²) in [4.78, 5) is 4.36. The molecule has 0 amide bonds. The topological polar surface area (TPSA) is 76.4 Å². The van der Waals surface area contributed by atoms with E-state index in [1.807, 2.05) is 6.92 Å². The van der Waals surface area contributed by atoms with Crippen LogP contribution in [-0.4, -0.2) is 26.3 Å². The van der Waals surface area contributed by atoms with Gasteiger partial charge in [0, 0.05) is 24.4 Å². The molecule has 0 spiro atoms. The standard InChI is InChI=1S/C17H19N3O3/c1-11-5-6-12(9-18)17(20-11)19-10-14-15(22-3)7-13(21-2)8-16(14)23-4/h5-8H,10H2,1-4H3,(H,19,20). The number of rotatable bonds is 6. The summed E-state index contributed by atoms with van der Waals surface area (Å²) in [5.74, 6) is 2.46. The van der Waals surface area contributed by atoms with Crippen molar-refractivity contribution >= 4 is 5.82 Å². The molecule has 0 aliphatic rings. The lowest BCUT2D eigenvalue weighted by molar-refractivity contribution is 0.369. The van der Waals surface area contributed by atoms with Crippen molar-refractivity contribution in [3.05, 3.63) is 41.1 Å². The average molecular weight is 313 g/mol. The van der Waals surface area contributed by atoms with Crippen molar-refractivity contribution < 1.29 is 14.2 Å². The number of pyridine rings is 1. The van der Waals surface area contributed by atoms with Gasteiger partial charge in [-0.3, -0.25) is 0 Å². The van der Waals surface area contributed by atoms with Crippen molar-refractivity contribution in [3.63, 3.8) is 0 Å². The van der Waals surface area contributed by atoms with Gasteiger partial charge >= 0.3 is 0 Å². The Morgan fingerprint density at radius 3 is 2.26 bits per heavy atom. The minimum Gasteiger partial charge on any atom is -0.496 e. The molecule has 2 aromatic rings. The smallest absolute Gasteiger partial charge is 0.144 e. The molecule has 1 N–H and O–H groups in total. The first-order chi connectivity index (χ1) is 11.1. The van der Waals surface area contributed by atoms with Crippen molar-refractivity contribution in [2.24, 2.45) is 0 Å². The van der Waals surface area contributed by atoms with E-state index in [1.54, 1.807) is 45.6 Å². The highest BCUT2D eigenvalue weighted by Crippen LogP contribution is 2.34. The lowest BCUT2D eigenvalue weighted by atomic mass is 10.1. The van der Waals surface area contributed by atoms with E-state index in [2.05, 4.69) is 16.4 Å². The average Bonchev–Trinajstić information content (AvgIpc) is 2.59. The predicted molar refractivity (Wildman–Crippen MR) is 87.1 cm³/mol. The Kier molecular flexibility index (Phi) is 5.26. The van der Waals surface area contributed by atoms with Gasteiger partial charge in [-0.1, -0.05) is 0 Å². The van der Waals surface area contributed by atoms with E-state index in [0.29, 0.717) is 35.2 Å². The quantitative estimate of drug-likeness (QED) is 0.883. The fourth-order valence-electron chi connectivity index (χ4n) is 2.21. The molecule has 0 atom stereocenters. The molecule has 1 aromatic heterocycles. The van der Waals surface area contributed by atoms with Crippen LogP contribution in [0.1, 0.15) is 16.8 Å². The van der Waals surface area contributed by atoms with E-state index in [0.717, 1.165) is 11.3 Å². The van der Waals surface area contributed by atoms with Crippen molar-refractivity contribution in [2.45, 2.75) is 13.5 Å². The maximum atomic E-state index is 9.18. The second-order valence-corrected chi connectivity index (χ2v) is 4.82. The highest BCUT2D eigenvalue weighted by atomic mass is 16.5. The Morgan fingerprint density at radius 1 is 1.09 bits per heavy atom. The van der Waals surface area contributed by atoms with Gasteiger partial charge in [-0.15, -0.1) is 0 Å². The highest BCUT2D eigenvalue weighted by molar-refractivity contribution is 5.56. The summed E-state index contributed by atoms with van der Waals surface area (Å²) in [7, 11) is 4.76. The summed E-state index contributed by atoms with van der Waals surface area (Å²) in [6, 6.07) is 9.25. The number of hydrogen-bond donors (Lipinski definition) is 1. The molecule has 0 saturated carbocycles. The third kappa shape index (κ3) is 3.64. The van der Waals surface area contributed by atoms with Crippen LogP contribution in [0.4, 0.5) is 5.82 Å². The summed E-state index contributed by atoms with van der Waals surface area (Å²) >= 11 is 0. The molecule has 23 heavy (non-hydrogen) atoms. The van der Waals surface area contributed by atoms with Crippen LogP contribution in [0.3, 0.4) is 0 Å². The largest absolute Gasteiger partial charge is 0.496 e. The third-order valence-corrected chi connectivity index (χ3v) is 3.40. The second kappa shape index (κ2) is 7.36. The SMILES string of the molecule is COc1cc(OC)c(CNc2nc(C)ccc2C#N)c(OC)c1. The minimum absolute atomic E-state index is 0.404. The molecular formula is C17H19N3O3. The Bertz CT molecular complexity index is 713. The van der Waals surface area contributed by atoms with Crippen molar-refractivity contribution in [3.8, 4) is 23.3 Å². The first-order valence-corrected chi connectivity index (χ1v) is 7.03. The molecule has 1 heterocycles. The Balaban J connectivity index is 2.34. The van der Waals surface area contributed by atoms with Crippen LogP contribution < -0.4 is 19.5 Å². The van der Waals surface area contributed by atoms with Gasteiger partial charge < -0.3 is 19.5 Å². The van der Waals surface area contributed by atoms with Gasteiger partial charge in [0.15, 0.2) is 0 Å². The minimum atomic E-state index is 0.404. The first-order valence-electron chi connectivity index (χ1n) is 7.03. The van der Waals surface area contributed by atoms with Crippen LogP contribution in [0.25, 0.3) is 0 Å². The summed E-state index contributed by atoms with van der Waals surface area (Å²) in [6.07, 6.45) is 0. The van der Waals surface area contributed by atoms with Crippen molar-refractivity contribution in [1.82, 2.24) is 4.98 Å². The molecule has 120 valence electrons. The van der Waals surface area contributed by atoms with Crippen molar-refractivity contribution in [2.75, 3.05) is 26.6 Å². The number of ether oxygens (including phenoxy) is 3. The Morgan fingerprint density at radius 2 is 1.74 bits per heavy atom. The number of methoxy groups -OCH3 is 3. The maximum absolute atomic E-state index is 9.18. The van der Waals surface area contributed by atoms with Gasteiger partial charge in [-0.05, 0) is 19.1 Å². The summed E-state index contributed by atoms with van der Waals surface area (Å²) in [5, 5.41) is 12.4. The van der Waals surface area contributed by atoms with Gasteiger partial charge in [-0.25, -0.2) is 4.98 Å². The van der Waals surface area contributed by atoms with Crippen LogP contribution in [0, 0.1) is 18.3 Å². The number of nitriles is 1. The van der Waals surface area contributed by atoms with Gasteiger partial charge in [0.2, 0.25) is 0 Å². The number of nitrogens with zero attached hydrogens (tertiary/aromatic N) is 2. The molecule has 6 heteroatoms. The molecule has 6 nitrogen and oxygen atoms in total. The molecular weight excluding hydrogens is 294 g/mol. The number of hydrogen-bond acceptors (Lipinski definition) is 6. The Hall–Kier alpha value is -2.94. The lowest BCUT2D eigenvalue weighted by Gasteiger charge is -2.16. The number of benzene rings is 1. The third-order valence-electron chi connectivity index (χ3n) is 3.40. The number of aromatic nitrogens is 1. The Labute approximate surface area is 135 Å². The van der Waals surface area contributed by atoms with Crippen LogP contribution in [0.5, 0.6) is 17.2 Å². The van der Waals surface area contributed by atoms with Crippen LogP contribution >= 0.6 is 0 Å². The van der Waals surface area contributed by atoms with Gasteiger partial charge in [0.1, 0.15) is 29.1 Å². The number of anilines is 1. The monoisotopic (exact) mass is 313 g/mol. The fourth-order valence-corrected chi connectivity index (χ4v) is 2.21. The zero-order valence-corrected chi connectivity index (χ0v) is 13.6. The van der Waals surface area contributed by atoms with E-state index < -0.39 is 0 Å². The predicted octanol–water partition coefficient (Wildman–Crippen LogP) is 2.90. The van der Waals surface area contributed by atoms with Crippen molar-refractivity contribution in [1.29, 1.82) is 5.26 Å². The van der Waals surface area contributed by atoms with E-state index in [1.165, 1.54) is 0 Å². The van der Waals surface area contributed by atoms with E-state index in [4.69, 9.17) is 14.2 Å². The molecule has 0 bridgehead atoms. The van der Waals surface area contributed by atoms with E-state index in [-0.39, 0.29) is 0 Å². The molecule has 0 aliphatic heterocycles. The summed E-state index contributed by atoms with van der Waals surface area (Å²) in [6.45, 7) is 2.28. The highest BCUT2D eigenvalue weighted by Gasteiger charge is 2.14. The molecule has 0 saturated heterocycles. The van der Waals surface area contributed by atoms with E-state index >= 15 is 0 Å². The summed E-state index contributed by atoms with van der Waals surface area (Å²) in [5.41, 5.74) is 2.14. The second-order valence-electron chi connectivity index (χ2n) is 4.82.